The Balaban J connectivity index is 1.84. The molecule has 1 unspecified atom stereocenters. The Labute approximate surface area is 232 Å². The molecule has 0 fully saturated rings. The van der Waals surface area contributed by atoms with Crippen molar-refractivity contribution in [1.29, 1.82) is 0 Å². The molecule has 1 atom stereocenters. The molecule has 0 bridgehead atoms. The van der Waals surface area contributed by atoms with Crippen LogP contribution in [0.4, 0.5) is 14.5 Å². The van der Waals surface area contributed by atoms with Gasteiger partial charge >= 0.3 is 0 Å². The molecule has 208 valence electrons. The Hall–Kier alpha value is -3.50. The number of hydrogen-bond donors (Lipinski definition) is 1. The molecule has 11 heteroatoms. The smallest absolute Gasteiger partial charge is 0.242 e. The fourth-order valence-corrected chi connectivity index (χ4v) is 5.23. The quantitative estimate of drug-likeness (QED) is 0.342. The van der Waals surface area contributed by atoms with Gasteiger partial charge < -0.3 is 10.2 Å². The number of rotatable bonds is 12. The van der Waals surface area contributed by atoms with E-state index in [0.29, 0.717) is 5.02 Å². The number of sulfonamides is 1. The highest BCUT2D eigenvalue weighted by Gasteiger charge is 2.30. The minimum absolute atomic E-state index is 0.0471. The predicted molar refractivity (Wildman–Crippen MR) is 148 cm³/mol. The molecule has 0 aromatic heterocycles. The fourth-order valence-electron chi connectivity index (χ4n) is 4.15. The van der Waals surface area contributed by atoms with Crippen molar-refractivity contribution in [2.24, 2.45) is 0 Å². The van der Waals surface area contributed by atoms with Crippen molar-refractivity contribution >= 4 is 39.1 Å². The molecule has 0 heterocycles. The predicted octanol–water partition coefficient (Wildman–Crippen LogP) is 4.55. The third-order valence-electron chi connectivity index (χ3n) is 6.13. The van der Waals surface area contributed by atoms with Gasteiger partial charge in [0.15, 0.2) is 11.6 Å². The molecule has 0 aliphatic heterocycles. The first kappa shape index (κ1) is 30.0. The van der Waals surface area contributed by atoms with E-state index >= 15 is 0 Å². The minimum atomic E-state index is -3.85. The molecule has 0 saturated carbocycles. The van der Waals surface area contributed by atoms with Crippen molar-refractivity contribution in [2.45, 2.75) is 31.8 Å². The maximum atomic E-state index is 13.8. The van der Waals surface area contributed by atoms with Crippen LogP contribution in [0.2, 0.25) is 5.02 Å². The van der Waals surface area contributed by atoms with Crippen LogP contribution >= 0.6 is 11.6 Å². The fraction of sp³-hybridized carbons (Fsp3) is 0.286. The van der Waals surface area contributed by atoms with Gasteiger partial charge in [0, 0.05) is 44.1 Å². The largest absolute Gasteiger partial charge is 0.357 e. The van der Waals surface area contributed by atoms with Gasteiger partial charge in [-0.25, -0.2) is 17.2 Å². The average Bonchev–Trinajstić information content (AvgIpc) is 2.90. The van der Waals surface area contributed by atoms with E-state index in [-0.39, 0.29) is 49.9 Å². The molecule has 0 aliphatic carbocycles. The molecule has 7 nitrogen and oxygen atoms in total. The van der Waals surface area contributed by atoms with Crippen LogP contribution in [0.15, 0.2) is 72.8 Å². The summed E-state index contributed by atoms with van der Waals surface area (Å²) in [5.41, 5.74) is 1.57. The average molecular weight is 578 g/mol. The Kier molecular flexibility index (Phi) is 10.4. The maximum absolute atomic E-state index is 13.8. The van der Waals surface area contributed by atoms with Crippen molar-refractivity contribution in [3.8, 4) is 0 Å². The maximum Gasteiger partial charge on any atom is 0.242 e. The topological polar surface area (TPSA) is 86.8 Å². The van der Waals surface area contributed by atoms with Gasteiger partial charge in [-0.15, -0.1) is 0 Å². The summed E-state index contributed by atoms with van der Waals surface area (Å²) in [6, 6.07) is 18.2. The van der Waals surface area contributed by atoms with Crippen LogP contribution in [0.3, 0.4) is 0 Å². The number of amides is 2. The second kappa shape index (κ2) is 13.5. The van der Waals surface area contributed by atoms with Crippen LogP contribution in [0.25, 0.3) is 0 Å². The molecule has 2 amide bonds. The van der Waals surface area contributed by atoms with Crippen LogP contribution < -0.4 is 9.62 Å². The molecule has 0 spiro atoms. The lowest BCUT2D eigenvalue weighted by molar-refractivity contribution is -0.141. The van der Waals surface area contributed by atoms with Crippen molar-refractivity contribution in [2.75, 3.05) is 24.2 Å². The van der Waals surface area contributed by atoms with Crippen LogP contribution in [0.5, 0.6) is 0 Å². The van der Waals surface area contributed by atoms with Crippen molar-refractivity contribution in [3.05, 3.63) is 101 Å². The molecule has 39 heavy (non-hydrogen) atoms. The van der Waals surface area contributed by atoms with Gasteiger partial charge in [0.05, 0.1) is 11.9 Å². The highest BCUT2D eigenvalue weighted by atomic mass is 35.5. The summed E-state index contributed by atoms with van der Waals surface area (Å²) in [4.78, 5) is 28.0. The summed E-state index contributed by atoms with van der Waals surface area (Å²) < 4.78 is 52.9. The summed E-state index contributed by atoms with van der Waals surface area (Å²) in [6.07, 6.45) is 1.20. The SMILES string of the molecule is CNC(=O)C(Cc1ccccc1)N(Cc1ccc(Cl)cc1)C(=O)CCCN(c1ccc(F)c(F)c1)S(C)(=O)=O. The van der Waals surface area contributed by atoms with Gasteiger partial charge in [-0.05, 0) is 41.8 Å². The highest BCUT2D eigenvalue weighted by Crippen LogP contribution is 2.22. The van der Waals surface area contributed by atoms with Gasteiger partial charge in [-0.1, -0.05) is 54.1 Å². The van der Waals surface area contributed by atoms with Crippen molar-refractivity contribution < 1.29 is 26.8 Å². The molecule has 3 aromatic carbocycles. The number of halogens is 3. The molecule has 1 N–H and O–H groups in total. The summed E-state index contributed by atoms with van der Waals surface area (Å²) in [5, 5.41) is 3.16. The monoisotopic (exact) mass is 577 g/mol. The summed E-state index contributed by atoms with van der Waals surface area (Å²) in [7, 11) is -2.35. The van der Waals surface area contributed by atoms with Crippen LogP contribution in [0, 0.1) is 11.6 Å². The lowest BCUT2D eigenvalue weighted by Gasteiger charge is -2.31. The van der Waals surface area contributed by atoms with E-state index in [1.165, 1.54) is 11.9 Å². The van der Waals surface area contributed by atoms with Crippen molar-refractivity contribution in [1.82, 2.24) is 10.2 Å². The summed E-state index contributed by atoms with van der Waals surface area (Å²) in [5.74, 6) is -2.99. The van der Waals surface area contributed by atoms with E-state index in [2.05, 4.69) is 5.32 Å². The number of carbonyl (C=O) groups excluding carboxylic acids is 2. The number of likely N-dealkylation sites (N-methyl/N-ethyl adjacent to an activating group) is 1. The van der Waals surface area contributed by atoms with Crippen LogP contribution in [-0.2, 0) is 32.6 Å². The second-order valence-electron chi connectivity index (χ2n) is 9.00. The van der Waals surface area contributed by atoms with Gasteiger partial charge in [0.25, 0.3) is 0 Å². The van der Waals surface area contributed by atoms with E-state index in [0.717, 1.165) is 39.9 Å². The molecule has 0 aliphatic rings. The molecule has 3 aromatic rings. The number of carbonyl (C=O) groups is 2. The zero-order chi connectivity index (χ0) is 28.6. The van der Waals surface area contributed by atoms with E-state index in [4.69, 9.17) is 11.6 Å². The van der Waals surface area contributed by atoms with Crippen LogP contribution in [-0.4, -0.2) is 51.0 Å². The van der Waals surface area contributed by atoms with Crippen LogP contribution in [0.1, 0.15) is 24.0 Å². The van der Waals surface area contributed by atoms with E-state index < -0.39 is 27.7 Å². The number of hydrogen-bond acceptors (Lipinski definition) is 4. The van der Waals surface area contributed by atoms with E-state index in [1.54, 1.807) is 24.3 Å². The number of anilines is 1. The van der Waals surface area contributed by atoms with Gasteiger partial charge in [0.2, 0.25) is 21.8 Å². The standard InChI is InChI=1S/C28H30ClF2N3O4S/c1-32-28(36)26(17-20-7-4-3-5-8-20)33(19-21-10-12-22(29)13-11-21)27(35)9-6-16-34(39(2,37)38)23-14-15-24(30)25(31)18-23/h3-5,7-8,10-15,18,26H,6,9,16-17,19H2,1-2H3,(H,32,36). The first-order valence-electron chi connectivity index (χ1n) is 12.2. The van der Waals surface area contributed by atoms with E-state index in [1.807, 2.05) is 30.3 Å². The summed E-state index contributed by atoms with van der Waals surface area (Å²) >= 11 is 6.01. The first-order valence-corrected chi connectivity index (χ1v) is 14.4. The number of benzene rings is 3. The number of nitrogens with zero attached hydrogens (tertiary/aromatic N) is 2. The summed E-state index contributed by atoms with van der Waals surface area (Å²) in [6.45, 7) is -0.0202. The Morgan fingerprint density at radius 2 is 1.62 bits per heavy atom. The lowest BCUT2D eigenvalue weighted by Crippen LogP contribution is -2.49. The first-order chi connectivity index (χ1) is 18.5. The Morgan fingerprint density at radius 1 is 0.949 bits per heavy atom. The highest BCUT2D eigenvalue weighted by molar-refractivity contribution is 7.92. The molecule has 0 saturated heterocycles. The molecular weight excluding hydrogens is 548 g/mol. The molecule has 0 radical (unpaired) electrons. The Morgan fingerprint density at radius 3 is 2.21 bits per heavy atom. The minimum Gasteiger partial charge on any atom is -0.357 e. The number of nitrogens with one attached hydrogen (secondary N) is 1. The zero-order valence-corrected chi connectivity index (χ0v) is 23.2. The molecular formula is C28H30ClF2N3O4S. The second-order valence-corrected chi connectivity index (χ2v) is 11.3. The van der Waals surface area contributed by atoms with Gasteiger partial charge in [-0.2, -0.15) is 0 Å². The lowest BCUT2D eigenvalue weighted by atomic mass is 10.0. The van der Waals surface area contributed by atoms with Gasteiger partial charge in [0.1, 0.15) is 6.04 Å². The third kappa shape index (κ3) is 8.49. The molecule has 3 rings (SSSR count). The van der Waals surface area contributed by atoms with Crippen molar-refractivity contribution in [3.63, 3.8) is 0 Å². The van der Waals surface area contributed by atoms with Gasteiger partial charge in [-0.3, -0.25) is 13.9 Å². The zero-order valence-electron chi connectivity index (χ0n) is 21.6. The third-order valence-corrected chi connectivity index (χ3v) is 7.57. The Bertz CT molecular complexity index is 1390. The van der Waals surface area contributed by atoms with E-state index in [9.17, 15) is 26.8 Å². The normalized spacial score (nSPS) is 12.0.